The van der Waals surface area contributed by atoms with Crippen LogP contribution in [0.1, 0.15) is 18.5 Å². The van der Waals surface area contributed by atoms with Gasteiger partial charge in [-0.2, -0.15) is 0 Å². The third-order valence-electron chi connectivity index (χ3n) is 2.66. The highest BCUT2D eigenvalue weighted by Crippen LogP contribution is 2.15. The van der Waals surface area contributed by atoms with Crippen molar-refractivity contribution in [2.75, 3.05) is 24.2 Å². The number of nitrogens with two attached hydrogens (primary N) is 1. The van der Waals surface area contributed by atoms with Crippen LogP contribution < -0.4 is 11.1 Å². The van der Waals surface area contributed by atoms with Crippen LogP contribution in [-0.2, 0) is 4.74 Å². The molecule has 0 aliphatic carbocycles. The first-order valence-corrected chi connectivity index (χ1v) is 5.34. The Morgan fingerprint density at radius 3 is 3.13 bits per heavy atom. The van der Waals surface area contributed by atoms with Gasteiger partial charge in [-0.05, 0) is 31.9 Å². The van der Waals surface area contributed by atoms with Crippen molar-refractivity contribution in [2.24, 2.45) is 0 Å². The van der Waals surface area contributed by atoms with E-state index in [9.17, 15) is 0 Å². The van der Waals surface area contributed by atoms with Crippen LogP contribution >= 0.6 is 0 Å². The molecule has 1 aliphatic rings. The van der Waals surface area contributed by atoms with Crippen molar-refractivity contribution < 1.29 is 4.74 Å². The largest absolute Gasteiger partial charge is 0.397 e. The number of aryl methyl sites for hydroxylation is 1. The van der Waals surface area contributed by atoms with Crippen LogP contribution in [-0.4, -0.2) is 24.2 Å². The van der Waals surface area contributed by atoms with E-state index in [-0.39, 0.29) is 0 Å². The van der Waals surface area contributed by atoms with Gasteiger partial charge in [-0.1, -0.05) is 0 Å². The minimum Gasteiger partial charge on any atom is -0.397 e. The van der Waals surface area contributed by atoms with Gasteiger partial charge in [0.05, 0.1) is 17.5 Å². The monoisotopic (exact) mass is 207 g/mol. The lowest BCUT2D eigenvalue weighted by molar-refractivity contribution is 0.120. The van der Waals surface area contributed by atoms with Gasteiger partial charge in [-0.15, -0.1) is 0 Å². The number of hydrogen-bond acceptors (Lipinski definition) is 4. The Kier molecular flexibility index (Phi) is 3.06. The van der Waals surface area contributed by atoms with E-state index in [0.717, 1.165) is 36.8 Å². The Hall–Kier alpha value is -1.29. The van der Waals surface area contributed by atoms with Crippen molar-refractivity contribution >= 4 is 11.5 Å². The predicted molar refractivity (Wildman–Crippen MR) is 60.9 cm³/mol. The molecule has 1 atom stereocenters. The average Bonchev–Trinajstić information content (AvgIpc) is 2.73. The van der Waals surface area contributed by atoms with Gasteiger partial charge in [-0.25, -0.2) is 4.98 Å². The van der Waals surface area contributed by atoms with E-state index < -0.39 is 0 Å². The van der Waals surface area contributed by atoms with Gasteiger partial charge in [0.25, 0.3) is 0 Å². The maximum absolute atomic E-state index is 5.69. The van der Waals surface area contributed by atoms with Gasteiger partial charge < -0.3 is 15.8 Å². The number of nitrogens with zero attached hydrogens (tertiary/aromatic N) is 1. The summed E-state index contributed by atoms with van der Waals surface area (Å²) in [5, 5.41) is 3.26. The Balaban J connectivity index is 1.90. The third kappa shape index (κ3) is 2.59. The fourth-order valence-electron chi connectivity index (χ4n) is 1.69. The molecule has 0 amide bonds. The summed E-state index contributed by atoms with van der Waals surface area (Å²) in [5.41, 5.74) is 7.29. The molecule has 1 aromatic heterocycles. The molecular weight excluding hydrogens is 190 g/mol. The fourth-order valence-corrected chi connectivity index (χ4v) is 1.69. The Labute approximate surface area is 89.8 Å². The summed E-state index contributed by atoms with van der Waals surface area (Å²) in [4.78, 5) is 4.34. The Bertz CT molecular complexity index is 335. The van der Waals surface area contributed by atoms with E-state index in [1.165, 1.54) is 6.42 Å². The minimum absolute atomic E-state index is 0.338. The smallest absolute Gasteiger partial charge is 0.126 e. The lowest BCUT2D eigenvalue weighted by atomic mass is 10.2. The van der Waals surface area contributed by atoms with Crippen LogP contribution in [0.2, 0.25) is 0 Å². The highest BCUT2D eigenvalue weighted by atomic mass is 16.5. The molecule has 0 spiro atoms. The molecule has 0 bridgehead atoms. The second kappa shape index (κ2) is 4.49. The zero-order valence-corrected chi connectivity index (χ0v) is 8.99. The number of aromatic nitrogens is 1. The lowest BCUT2D eigenvalue weighted by Gasteiger charge is -2.11. The topological polar surface area (TPSA) is 60.2 Å². The zero-order chi connectivity index (χ0) is 10.7. The third-order valence-corrected chi connectivity index (χ3v) is 2.66. The molecule has 0 radical (unpaired) electrons. The van der Waals surface area contributed by atoms with Crippen LogP contribution in [0.25, 0.3) is 0 Å². The normalized spacial score (nSPS) is 20.5. The quantitative estimate of drug-likeness (QED) is 0.789. The predicted octanol–water partition coefficient (Wildman–Crippen LogP) is 1.56. The van der Waals surface area contributed by atoms with E-state index in [2.05, 4.69) is 10.3 Å². The van der Waals surface area contributed by atoms with E-state index >= 15 is 0 Å². The molecule has 4 nitrogen and oxygen atoms in total. The highest BCUT2D eigenvalue weighted by Gasteiger charge is 2.14. The molecule has 4 heteroatoms. The molecule has 82 valence electrons. The first kappa shape index (κ1) is 10.2. The van der Waals surface area contributed by atoms with Crippen LogP contribution in [0.15, 0.2) is 12.1 Å². The van der Waals surface area contributed by atoms with Crippen LogP contribution in [0, 0.1) is 6.92 Å². The highest BCUT2D eigenvalue weighted by molar-refractivity contribution is 5.49. The summed E-state index contributed by atoms with van der Waals surface area (Å²) in [6, 6.07) is 3.78. The maximum Gasteiger partial charge on any atom is 0.126 e. The molecule has 0 aromatic carbocycles. The van der Waals surface area contributed by atoms with Crippen molar-refractivity contribution in [3.63, 3.8) is 0 Å². The maximum atomic E-state index is 5.69. The summed E-state index contributed by atoms with van der Waals surface area (Å²) in [5.74, 6) is 0.872. The first-order valence-electron chi connectivity index (χ1n) is 5.34. The fraction of sp³-hybridized carbons (Fsp3) is 0.545. The molecule has 1 aromatic rings. The Morgan fingerprint density at radius 1 is 1.60 bits per heavy atom. The van der Waals surface area contributed by atoms with Crippen molar-refractivity contribution in [3.05, 3.63) is 17.8 Å². The van der Waals surface area contributed by atoms with Gasteiger partial charge in [0.2, 0.25) is 0 Å². The molecule has 15 heavy (non-hydrogen) atoms. The van der Waals surface area contributed by atoms with Crippen LogP contribution in [0.3, 0.4) is 0 Å². The summed E-state index contributed by atoms with van der Waals surface area (Å²) in [7, 11) is 0. The molecule has 1 unspecified atom stereocenters. The van der Waals surface area contributed by atoms with Crippen LogP contribution in [0.5, 0.6) is 0 Å². The second-order valence-corrected chi connectivity index (χ2v) is 3.89. The van der Waals surface area contributed by atoms with E-state index in [1.54, 1.807) is 0 Å². The molecule has 1 aliphatic heterocycles. The van der Waals surface area contributed by atoms with E-state index in [4.69, 9.17) is 10.5 Å². The number of nitrogens with one attached hydrogen (secondary N) is 1. The summed E-state index contributed by atoms with van der Waals surface area (Å²) in [6.45, 7) is 3.63. The summed E-state index contributed by atoms with van der Waals surface area (Å²) >= 11 is 0. The summed E-state index contributed by atoms with van der Waals surface area (Å²) < 4.78 is 5.51. The first-order chi connectivity index (χ1) is 7.25. The number of nitrogen functional groups attached to an aromatic ring is 1. The van der Waals surface area contributed by atoms with Crippen molar-refractivity contribution in [2.45, 2.75) is 25.9 Å². The van der Waals surface area contributed by atoms with Gasteiger partial charge in [-0.3, -0.25) is 0 Å². The lowest BCUT2D eigenvalue weighted by Crippen LogP contribution is -2.19. The number of anilines is 2. The molecule has 1 fully saturated rings. The van der Waals surface area contributed by atoms with E-state index in [1.807, 2.05) is 19.1 Å². The second-order valence-electron chi connectivity index (χ2n) is 3.89. The zero-order valence-electron chi connectivity index (χ0n) is 8.99. The van der Waals surface area contributed by atoms with E-state index in [0.29, 0.717) is 6.10 Å². The molecule has 2 rings (SSSR count). The number of rotatable bonds is 3. The molecule has 0 saturated carbocycles. The molecular formula is C11H17N3O. The Morgan fingerprint density at radius 2 is 2.47 bits per heavy atom. The van der Waals surface area contributed by atoms with Crippen LogP contribution in [0.4, 0.5) is 11.5 Å². The van der Waals surface area contributed by atoms with Gasteiger partial charge in [0, 0.05) is 13.2 Å². The average molecular weight is 207 g/mol. The van der Waals surface area contributed by atoms with Gasteiger partial charge >= 0.3 is 0 Å². The SMILES string of the molecule is Cc1nc(NCC2CCCO2)ccc1N. The summed E-state index contributed by atoms with van der Waals surface area (Å²) in [6.07, 6.45) is 2.64. The molecule has 1 saturated heterocycles. The number of ether oxygens (including phenoxy) is 1. The van der Waals surface area contributed by atoms with Crippen molar-refractivity contribution in [1.29, 1.82) is 0 Å². The molecule has 3 N–H and O–H groups in total. The number of pyridine rings is 1. The minimum atomic E-state index is 0.338. The van der Waals surface area contributed by atoms with Crippen molar-refractivity contribution in [1.82, 2.24) is 4.98 Å². The molecule has 2 heterocycles. The standard InChI is InChI=1S/C11H17N3O/c1-8-10(12)4-5-11(14-8)13-7-9-3-2-6-15-9/h4-5,9H,2-3,6-7,12H2,1H3,(H,13,14). The van der Waals surface area contributed by atoms with Crippen molar-refractivity contribution in [3.8, 4) is 0 Å². The number of hydrogen-bond donors (Lipinski definition) is 2. The van der Waals surface area contributed by atoms with Gasteiger partial charge in [0.1, 0.15) is 5.82 Å². The van der Waals surface area contributed by atoms with Gasteiger partial charge in [0.15, 0.2) is 0 Å².